The molecular weight excluding hydrogens is 395 g/mol. The van der Waals surface area contributed by atoms with Gasteiger partial charge in [0.25, 0.3) is 0 Å². The summed E-state index contributed by atoms with van der Waals surface area (Å²) in [7, 11) is -3.81. The van der Waals surface area contributed by atoms with Gasteiger partial charge >= 0.3 is 0 Å². The molecular formula is C18H21Cl2N2O3S+. The van der Waals surface area contributed by atoms with Crippen LogP contribution in [-0.2, 0) is 27.8 Å². The van der Waals surface area contributed by atoms with Crippen LogP contribution in [0.5, 0.6) is 0 Å². The smallest absolute Gasteiger partial charge is 0.243 e. The number of ether oxygens (including phenoxy) is 1. The largest absolute Gasteiger partial charge is 0.370 e. The van der Waals surface area contributed by atoms with Crippen molar-refractivity contribution in [3.63, 3.8) is 0 Å². The van der Waals surface area contributed by atoms with Crippen molar-refractivity contribution in [3.05, 3.63) is 63.6 Å². The van der Waals surface area contributed by atoms with E-state index in [2.05, 4.69) is 4.72 Å². The Hall–Kier alpha value is -1.15. The van der Waals surface area contributed by atoms with E-state index in [1.807, 2.05) is 24.3 Å². The zero-order valence-corrected chi connectivity index (χ0v) is 16.5. The maximum absolute atomic E-state index is 12.6. The van der Waals surface area contributed by atoms with Gasteiger partial charge in [-0.3, -0.25) is 0 Å². The Labute approximate surface area is 163 Å². The van der Waals surface area contributed by atoms with Crippen molar-refractivity contribution in [2.75, 3.05) is 26.3 Å². The number of hydrogen-bond donors (Lipinski definition) is 2. The molecule has 0 aliphatic carbocycles. The molecule has 0 amide bonds. The van der Waals surface area contributed by atoms with Crippen LogP contribution in [0.1, 0.15) is 11.1 Å². The second-order valence-corrected chi connectivity index (χ2v) is 8.70. The average molecular weight is 416 g/mol. The fourth-order valence-corrected chi connectivity index (χ4v) is 5.14. The molecule has 2 aromatic carbocycles. The molecule has 0 spiro atoms. The van der Waals surface area contributed by atoms with Crippen molar-refractivity contribution >= 4 is 33.2 Å². The first-order valence-electron chi connectivity index (χ1n) is 8.39. The summed E-state index contributed by atoms with van der Waals surface area (Å²) in [6.45, 7) is 4.45. The van der Waals surface area contributed by atoms with E-state index in [0.717, 1.165) is 44.0 Å². The molecule has 0 aromatic heterocycles. The highest BCUT2D eigenvalue weighted by molar-refractivity contribution is 7.89. The monoisotopic (exact) mass is 415 g/mol. The first-order chi connectivity index (χ1) is 12.5. The molecule has 0 saturated carbocycles. The zero-order valence-electron chi connectivity index (χ0n) is 14.2. The molecule has 1 heterocycles. The highest BCUT2D eigenvalue weighted by Crippen LogP contribution is 2.28. The van der Waals surface area contributed by atoms with Gasteiger partial charge in [-0.2, -0.15) is 0 Å². The Balaban J connectivity index is 1.75. The summed E-state index contributed by atoms with van der Waals surface area (Å²) in [5, 5.41) is 0.215. The first-order valence-corrected chi connectivity index (χ1v) is 10.6. The van der Waals surface area contributed by atoms with E-state index in [1.54, 1.807) is 6.07 Å². The summed E-state index contributed by atoms with van der Waals surface area (Å²) in [4.78, 5) is 1.35. The molecule has 0 radical (unpaired) electrons. The van der Waals surface area contributed by atoms with Crippen LogP contribution in [0.4, 0.5) is 0 Å². The number of benzene rings is 2. The van der Waals surface area contributed by atoms with Crippen molar-refractivity contribution in [3.8, 4) is 0 Å². The van der Waals surface area contributed by atoms with Crippen LogP contribution in [-0.4, -0.2) is 34.7 Å². The lowest BCUT2D eigenvalue weighted by molar-refractivity contribution is -0.921. The van der Waals surface area contributed by atoms with Crippen molar-refractivity contribution in [1.82, 2.24) is 4.72 Å². The Morgan fingerprint density at radius 1 is 0.962 bits per heavy atom. The number of rotatable bonds is 6. The molecule has 1 fully saturated rings. The predicted molar refractivity (Wildman–Crippen MR) is 102 cm³/mol. The third-order valence-corrected chi connectivity index (χ3v) is 6.75. The minimum absolute atomic E-state index is 0.0837. The van der Waals surface area contributed by atoms with Gasteiger partial charge in [0.1, 0.15) is 24.5 Å². The predicted octanol–water partition coefficient (Wildman–Crippen LogP) is 1.89. The highest BCUT2D eigenvalue weighted by Gasteiger charge is 2.22. The van der Waals surface area contributed by atoms with Crippen molar-refractivity contribution in [1.29, 1.82) is 0 Å². The number of morpholine rings is 1. The van der Waals surface area contributed by atoms with Gasteiger partial charge in [-0.25, -0.2) is 13.1 Å². The van der Waals surface area contributed by atoms with E-state index in [9.17, 15) is 8.42 Å². The topological polar surface area (TPSA) is 59.8 Å². The van der Waals surface area contributed by atoms with E-state index in [1.165, 1.54) is 17.0 Å². The van der Waals surface area contributed by atoms with E-state index in [4.69, 9.17) is 27.9 Å². The number of nitrogens with one attached hydrogen (secondary N) is 2. The van der Waals surface area contributed by atoms with E-state index >= 15 is 0 Å². The molecule has 2 N–H and O–H groups in total. The van der Waals surface area contributed by atoms with Gasteiger partial charge in [0, 0.05) is 12.1 Å². The molecule has 1 aliphatic rings. The van der Waals surface area contributed by atoms with Gasteiger partial charge < -0.3 is 9.64 Å². The SMILES string of the molecule is O=S(=O)(NCc1ccccc1C[NH+]1CCOCC1)c1c(Cl)cccc1Cl. The Morgan fingerprint density at radius 2 is 1.58 bits per heavy atom. The molecule has 1 saturated heterocycles. The summed E-state index contributed by atoms with van der Waals surface area (Å²) < 4.78 is 33.3. The summed E-state index contributed by atoms with van der Waals surface area (Å²) in [5.74, 6) is 0. The van der Waals surface area contributed by atoms with Gasteiger partial charge in [0.2, 0.25) is 10.0 Å². The number of quaternary nitrogens is 1. The average Bonchev–Trinajstić information content (AvgIpc) is 2.61. The highest BCUT2D eigenvalue weighted by atomic mass is 35.5. The van der Waals surface area contributed by atoms with E-state index in [-0.39, 0.29) is 21.5 Å². The van der Waals surface area contributed by atoms with Gasteiger partial charge in [-0.1, -0.05) is 53.5 Å². The molecule has 3 rings (SSSR count). The van der Waals surface area contributed by atoms with Crippen LogP contribution >= 0.6 is 23.2 Å². The minimum Gasteiger partial charge on any atom is -0.370 e. The second-order valence-electron chi connectivity index (χ2n) is 6.18. The number of hydrogen-bond acceptors (Lipinski definition) is 3. The third kappa shape index (κ3) is 4.76. The molecule has 1 aliphatic heterocycles. The first kappa shape index (κ1) is 19.6. The molecule has 5 nitrogen and oxygen atoms in total. The van der Waals surface area contributed by atoms with E-state index < -0.39 is 10.0 Å². The van der Waals surface area contributed by atoms with Crippen LogP contribution in [0.3, 0.4) is 0 Å². The summed E-state index contributed by atoms with van der Waals surface area (Å²) in [6.07, 6.45) is 0. The third-order valence-electron chi connectivity index (χ3n) is 4.40. The van der Waals surface area contributed by atoms with Gasteiger partial charge in [-0.05, 0) is 17.7 Å². The molecule has 0 unspecified atom stereocenters. The molecule has 0 atom stereocenters. The molecule has 26 heavy (non-hydrogen) atoms. The normalized spacial score (nSPS) is 15.9. The maximum Gasteiger partial charge on any atom is 0.243 e. The van der Waals surface area contributed by atoms with Crippen LogP contribution < -0.4 is 9.62 Å². The summed E-state index contributed by atoms with van der Waals surface area (Å²) >= 11 is 12.1. The summed E-state index contributed by atoms with van der Waals surface area (Å²) in [6, 6.07) is 12.5. The lowest BCUT2D eigenvalue weighted by Gasteiger charge is -2.24. The molecule has 8 heteroatoms. The number of sulfonamides is 1. The van der Waals surface area contributed by atoms with Crippen LogP contribution in [0, 0.1) is 0 Å². The van der Waals surface area contributed by atoms with E-state index in [0.29, 0.717) is 0 Å². The molecule has 0 bridgehead atoms. The second kappa shape index (κ2) is 8.69. The lowest BCUT2D eigenvalue weighted by atomic mass is 10.1. The fraction of sp³-hybridized carbons (Fsp3) is 0.333. The molecule has 140 valence electrons. The zero-order chi connectivity index (χ0) is 18.6. The van der Waals surface area contributed by atoms with Gasteiger partial charge in [0.15, 0.2) is 0 Å². The van der Waals surface area contributed by atoms with Crippen molar-refractivity contribution < 1.29 is 18.1 Å². The quantitative estimate of drug-likeness (QED) is 0.756. The van der Waals surface area contributed by atoms with Crippen molar-refractivity contribution in [2.45, 2.75) is 18.0 Å². The molecule has 2 aromatic rings. The standard InChI is InChI=1S/C18H20Cl2N2O3S/c19-16-6-3-7-17(20)18(16)26(23,24)21-12-14-4-1-2-5-15(14)13-22-8-10-25-11-9-22/h1-7,21H,8-13H2/p+1. The van der Waals surface area contributed by atoms with Gasteiger partial charge in [-0.15, -0.1) is 0 Å². The fourth-order valence-electron chi connectivity index (χ4n) is 2.99. The Morgan fingerprint density at radius 3 is 2.23 bits per heavy atom. The minimum atomic E-state index is -3.81. The lowest BCUT2D eigenvalue weighted by Crippen LogP contribution is -3.12. The Kier molecular flexibility index (Phi) is 6.55. The van der Waals surface area contributed by atoms with Crippen LogP contribution in [0.15, 0.2) is 47.4 Å². The Bertz CT molecular complexity index is 848. The van der Waals surface area contributed by atoms with Crippen LogP contribution in [0.25, 0.3) is 0 Å². The maximum atomic E-state index is 12.6. The van der Waals surface area contributed by atoms with Crippen LogP contribution in [0.2, 0.25) is 10.0 Å². The van der Waals surface area contributed by atoms with Crippen molar-refractivity contribution in [2.24, 2.45) is 0 Å². The summed E-state index contributed by atoms with van der Waals surface area (Å²) in [5.41, 5.74) is 2.07. The number of halogens is 2. The van der Waals surface area contributed by atoms with Gasteiger partial charge in [0.05, 0.1) is 23.3 Å².